The fourth-order valence-electron chi connectivity index (χ4n) is 2.28. The van der Waals surface area contributed by atoms with Crippen molar-refractivity contribution in [2.24, 2.45) is 0 Å². The van der Waals surface area contributed by atoms with Gasteiger partial charge in [0.25, 0.3) is 0 Å². The lowest BCUT2D eigenvalue weighted by atomic mass is 10.1. The first-order chi connectivity index (χ1) is 11.2. The van der Waals surface area contributed by atoms with Gasteiger partial charge >= 0.3 is 6.03 Å². The van der Waals surface area contributed by atoms with Gasteiger partial charge in [-0.25, -0.2) is 4.79 Å². The molecule has 0 bridgehead atoms. The first-order valence-electron chi connectivity index (χ1n) is 7.57. The monoisotopic (exact) mass is 376 g/mol. The minimum Gasteiger partial charge on any atom is -0.496 e. The van der Waals surface area contributed by atoms with E-state index in [4.69, 9.17) is 4.74 Å². The van der Waals surface area contributed by atoms with Crippen LogP contribution in [0.25, 0.3) is 0 Å². The summed E-state index contributed by atoms with van der Waals surface area (Å²) in [6.07, 6.45) is 1.54. The van der Waals surface area contributed by atoms with Crippen molar-refractivity contribution in [3.8, 4) is 5.75 Å². The second-order valence-electron chi connectivity index (χ2n) is 5.12. The zero-order valence-corrected chi connectivity index (χ0v) is 14.7. The third-order valence-corrected chi connectivity index (χ3v) is 3.96. The predicted molar refractivity (Wildman–Crippen MR) is 95.9 cm³/mol. The number of ether oxygens (including phenoxy) is 1. The van der Waals surface area contributed by atoms with Gasteiger partial charge in [0, 0.05) is 17.6 Å². The molecule has 0 aromatic heterocycles. The molecule has 2 rings (SSSR count). The lowest BCUT2D eigenvalue weighted by molar-refractivity contribution is 0.241. The molecule has 0 atom stereocenters. The summed E-state index contributed by atoms with van der Waals surface area (Å²) in [5.41, 5.74) is 2.28. The van der Waals surface area contributed by atoms with Gasteiger partial charge < -0.3 is 15.4 Å². The molecule has 0 radical (unpaired) electrons. The molecular formula is C18H21BrN2O2. The van der Waals surface area contributed by atoms with Gasteiger partial charge in [-0.05, 0) is 42.2 Å². The van der Waals surface area contributed by atoms with E-state index < -0.39 is 0 Å². The summed E-state index contributed by atoms with van der Waals surface area (Å²) < 4.78 is 6.32. The standard InChI is InChI=1S/C18H21BrN2O2/c1-23-17-8-7-16(19)13-15(17)10-12-21-18(22)20-11-9-14-5-3-2-4-6-14/h2-8,13H,9-12H2,1H3,(H2,20,21,22). The predicted octanol–water partition coefficient (Wildman–Crippen LogP) is 3.54. The Morgan fingerprint density at radius 1 is 1.04 bits per heavy atom. The number of halogens is 1. The molecule has 2 amide bonds. The highest BCUT2D eigenvalue weighted by Gasteiger charge is 2.05. The molecule has 0 aliphatic carbocycles. The Morgan fingerprint density at radius 2 is 1.74 bits per heavy atom. The number of amides is 2. The van der Waals surface area contributed by atoms with E-state index in [1.54, 1.807) is 7.11 Å². The summed E-state index contributed by atoms with van der Waals surface area (Å²) in [6.45, 7) is 1.18. The molecule has 2 N–H and O–H groups in total. The van der Waals surface area contributed by atoms with Gasteiger partial charge in [0.05, 0.1) is 7.11 Å². The highest BCUT2D eigenvalue weighted by Crippen LogP contribution is 2.23. The second kappa shape index (κ2) is 9.20. The van der Waals surface area contributed by atoms with Crippen molar-refractivity contribution in [1.82, 2.24) is 10.6 Å². The summed E-state index contributed by atoms with van der Waals surface area (Å²) in [5.74, 6) is 0.833. The highest BCUT2D eigenvalue weighted by atomic mass is 79.9. The van der Waals surface area contributed by atoms with E-state index in [0.29, 0.717) is 19.5 Å². The van der Waals surface area contributed by atoms with Gasteiger partial charge in [0.1, 0.15) is 5.75 Å². The molecule has 0 aliphatic rings. The number of hydrogen-bond donors (Lipinski definition) is 2. The van der Waals surface area contributed by atoms with E-state index in [1.807, 2.05) is 36.4 Å². The second-order valence-corrected chi connectivity index (χ2v) is 6.04. The van der Waals surface area contributed by atoms with Crippen LogP contribution in [0.3, 0.4) is 0 Å². The fraction of sp³-hybridized carbons (Fsp3) is 0.278. The molecule has 0 heterocycles. The van der Waals surface area contributed by atoms with Gasteiger partial charge in [0.15, 0.2) is 0 Å². The van der Waals surface area contributed by atoms with Crippen LogP contribution in [0, 0.1) is 0 Å². The molecule has 5 heteroatoms. The minimum atomic E-state index is -0.144. The molecule has 0 aliphatic heterocycles. The molecule has 0 fully saturated rings. The summed E-state index contributed by atoms with van der Waals surface area (Å²) >= 11 is 3.45. The zero-order chi connectivity index (χ0) is 16.5. The van der Waals surface area contributed by atoms with Gasteiger partial charge in [0.2, 0.25) is 0 Å². The minimum absolute atomic E-state index is 0.144. The summed E-state index contributed by atoms with van der Waals surface area (Å²) in [5, 5.41) is 5.73. The number of nitrogens with one attached hydrogen (secondary N) is 2. The van der Waals surface area contributed by atoms with Crippen LogP contribution in [-0.2, 0) is 12.8 Å². The van der Waals surface area contributed by atoms with Gasteiger partial charge in [-0.2, -0.15) is 0 Å². The summed E-state index contributed by atoms with van der Waals surface area (Å²) in [4.78, 5) is 11.8. The maximum Gasteiger partial charge on any atom is 0.314 e. The number of carbonyl (C=O) groups is 1. The third-order valence-electron chi connectivity index (χ3n) is 3.46. The van der Waals surface area contributed by atoms with Crippen LogP contribution in [0.2, 0.25) is 0 Å². The van der Waals surface area contributed by atoms with Crippen LogP contribution in [-0.4, -0.2) is 26.2 Å². The maximum atomic E-state index is 11.8. The molecule has 0 spiro atoms. The molecule has 0 saturated carbocycles. The first-order valence-corrected chi connectivity index (χ1v) is 8.36. The topological polar surface area (TPSA) is 50.4 Å². The molecule has 2 aromatic rings. The van der Waals surface area contributed by atoms with Gasteiger partial charge in [-0.1, -0.05) is 46.3 Å². The van der Waals surface area contributed by atoms with Crippen molar-refractivity contribution in [3.63, 3.8) is 0 Å². The Labute approximate surface area is 145 Å². The van der Waals surface area contributed by atoms with Crippen molar-refractivity contribution in [2.45, 2.75) is 12.8 Å². The number of methoxy groups -OCH3 is 1. The third kappa shape index (κ3) is 5.94. The molecule has 0 saturated heterocycles. The molecule has 4 nitrogen and oxygen atoms in total. The van der Waals surface area contributed by atoms with E-state index in [2.05, 4.69) is 38.7 Å². The number of carbonyl (C=O) groups excluding carboxylic acids is 1. The smallest absolute Gasteiger partial charge is 0.314 e. The van der Waals surface area contributed by atoms with Crippen LogP contribution in [0.4, 0.5) is 4.79 Å². The molecular weight excluding hydrogens is 356 g/mol. The normalized spacial score (nSPS) is 10.2. The van der Waals surface area contributed by atoms with Crippen molar-refractivity contribution >= 4 is 22.0 Å². The number of rotatable bonds is 7. The van der Waals surface area contributed by atoms with Crippen molar-refractivity contribution < 1.29 is 9.53 Å². The number of urea groups is 1. The van der Waals surface area contributed by atoms with E-state index in [1.165, 1.54) is 5.56 Å². The Morgan fingerprint density at radius 3 is 2.43 bits per heavy atom. The van der Waals surface area contributed by atoms with E-state index >= 15 is 0 Å². The van der Waals surface area contributed by atoms with Crippen LogP contribution in [0.1, 0.15) is 11.1 Å². The fourth-order valence-corrected chi connectivity index (χ4v) is 2.69. The van der Waals surface area contributed by atoms with Crippen LogP contribution in [0.15, 0.2) is 53.0 Å². The molecule has 122 valence electrons. The SMILES string of the molecule is COc1ccc(Br)cc1CCNC(=O)NCCc1ccccc1. The number of hydrogen-bond acceptors (Lipinski definition) is 2. The Kier molecular flexibility index (Phi) is 6.94. The average Bonchev–Trinajstić information content (AvgIpc) is 2.56. The Hall–Kier alpha value is -2.01. The van der Waals surface area contributed by atoms with Gasteiger partial charge in [-0.15, -0.1) is 0 Å². The zero-order valence-electron chi connectivity index (χ0n) is 13.1. The van der Waals surface area contributed by atoms with Gasteiger partial charge in [-0.3, -0.25) is 0 Å². The quantitative estimate of drug-likeness (QED) is 0.776. The molecule has 0 unspecified atom stereocenters. The van der Waals surface area contributed by atoms with E-state index in [0.717, 1.165) is 22.2 Å². The van der Waals surface area contributed by atoms with E-state index in [-0.39, 0.29) is 6.03 Å². The van der Waals surface area contributed by atoms with Crippen molar-refractivity contribution in [2.75, 3.05) is 20.2 Å². The van der Waals surface area contributed by atoms with Crippen LogP contribution in [0.5, 0.6) is 5.75 Å². The summed E-state index contributed by atoms with van der Waals surface area (Å²) in [6, 6.07) is 15.8. The first kappa shape index (κ1) is 17.3. The number of benzene rings is 2. The van der Waals surface area contributed by atoms with Crippen molar-refractivity contribution in [3.05, 3.63) is 64.1 Å². The van der Waals surface area contributed by atoms with Crippen LogP contribution < -0.4 is 15.4 Å². The Balaban J connectivity index is 1.70. The Bertz CT molecular complexity index is 632. The largest absolute Gasteiger partial charge is 0.496 e. The average molecular weight is 377 g/mol. The van der Waals surface area contributed by atoms with E-state index in [9.17, 15) is 4.79 Å². The maximum absolute atomic E-state index is 11.8. The summed E-state index contributed by atoms with van der Waals surface area (Å²) in [7, 11) is 1.65. The lowest BCUT2D eigenvalue weighted by Gasteiger charge is -2.10. The van der Waals surface area contributed by atoms with Crippen LogP contribution >= 0.6 is 15.9 Å². The lowest BCUT2D eigenvalue weighted by Crippen LogP contribution is -2.37. The molecule has 23 heavy (non-hydrogen) atoms. The highest BCUT2D eigenvalue weighted by molar-refractivity contribution is 9.10. The van der Waals surface area contributed by atoms with Crippen molar-refractivity contribution in [1.29, 1.82) is 0 Å². The molecule has 2 aromatic carbocycles.